The summed E-state index contributed by atoms with van der Waals surface area (Å²) in [4.78, 5) is 19.8. The van der Waals surface area contributed by atoms with Crippen molar-refractivity contribution in [3.8, 4) is 0 Å². The number of hydrogen-bond acceptors (Lipinski definition) is 5. The highest BCUT2D eigenvalue weighted by atomic mass is 16.2. The molecule has 3 heterocycles. The molecule has 4 unspecified atom stereocenters. The van der Waals surface area contributed by atoms with Gasteiger partial charge in [-0.15, -0.1) is 0 Å². The van der Waals surface area contributed by atoms with Gasteiger partial charge in [0.25, 0.3) is 0 Å². The predicted molar refractivity (Wildman–Crippen MR) is 99.3 cm³/mol. The molecule has 6 heteroatoms. The lowest BCUT2D eigenvalue weighted by Crippen LogP contribution is -2.68. The second-order valence-corrected chi connectivity index (χ2v) is 7.59. The average molecular weight is 351 g/mol. The Bertz CT molecular complexity index is 776. The van der Waals surface area contributed by atoms with Gasteiger partial charge < -0.3 is 9.80 Å². The topological polar surface area (TPSA) is 50.9 Å². The molecule has 5 rings (SSSR count). The third-order valence-corrected chi connectivity index (χ3v) is 6.08. The van der Waals surface area contributed by atoms with Crippen molar-refractivity contribution in [1.29, 1.82) is 0 Å². The van der Waals surface area contributed by atoms with Crippen molar-refractivity contribution in [1.82, 2.24) is 25.3 Å². The Balaban J connectivity index is 1.49. The van der Waals surface area contributed by atoms with E-state index in [4.69, 9.17) is 0 Å². The van der Waals surface area contributed by atoms with E-state index >= 15 is 0 Å². The first-order chi connectivity index (χ1) is 12.6. The van der Waals surface area contributed by atoms with Crippen LogP contribution in [0, 0.1) is 0 Å². The van der Waals surface area contributed by atoms with Crippen LogP contribution in [-0.4, -0.2) is 58.4 Å². The van der Waals surface area contributed by atoms with Crippen LogP contribution in [0.2, 0.25) is 0 Å². The number of hydrogen-bond donors (Lipinski definition) is 2. The van der Waals surface area contributed by atoms with E-state index in [-0.39, 0.29) is 30.6 Å². The molecule has 1 aromatic carbocycles. The normalized spacial score (nSPS) is 36.0. The minimum absolute atomic E-state index is 0.00216. The number of benzene rings is 1. The smallest absolute Gasteiger partial charge is 0.245 e. The van der Waals surface area contributed by atoms with Gasteiger partial charge in [-0.3, -0.25) is 20.3 Å². The lowest BCUT2D eigenvalue weighted by molar-refractivity contribution is -0.150. The number of likely N-dealkylation sites (N-methyl/N-ethyl adjacent to an activating group) is 1. The number of rotatable bonds is 2. The fourth-order valence-corrected chi connectivity index (χ4v) is 4.77. The molecule has 136 valence electrons. The molecule has 0 saturated carbocycles. The summed E-state index contributed by atoms with van der Waals surface area (Å²) < 4.78 is 0. The average Bonchev–Trinajstić information content (AvgIpc) is 3.19. The van der Waals surface area contributed by atoms with Crippen LogP contribution in [0.25, 0.3) is 0 Å². The molecule has 5 atom stereocenters. The van der Waals surface area contributed by atoms with E-state index in [1.54, 1.807) is 0 Å². The fraction of sp³-hybridized carbons (Fsp3) is 0.450. The Labute approximate surface area is 154 Å². The predicted octanol–water partition coefficient (Wildman–Crippen LogP) is 1.01. The van der Waals surface area contributed by atoms with Crippen LogP contribution in [-0.2, 0) is 11.3 Å². The molecule has 0 bridgehead atoms. The first-order valence-corrected chi connectivity index (χ1v) is 9.38. The Morgan fingerprint density at radius 2 is 2.00 bits per heavy atom. The molecule has 0 aromatic heterocycles. The molecule has 1 amide bonds. The van der Waals surface area contributed by atoms with E-state index in [9.17, 15) is 4.79 Å². The third kappa shape index (κ3) is 2.26. The number of amides is 1. The maximum absolute atomic E-state index is 13.2. The minimum Gasteiger partial charge on any atom is -0.323 e. The van der Waals surface area contributed by atoms with Gasteiger partial charge in [0.1, 0.15) is 12.2 Å². The summed E-state index contributed by atoms with van der Waals surface area (Å²) in [6, 6.07) is 10.5. The summed E-state index contributed by atoms with van der Waals surface area (Å²) in [5.41, 5.74) is 2.52. The zero-order chi connectivity index (χ0) is 17.8. The molecule has 1 aliphatic carbocycles. The summed E-state index contributed by atoms with van der Waals surface area (Å²) >= 11 is 0. The maximum atomic E-state index is 13.2. The Morgan fingerprint density at radius 3 is 2.81 bits per heavy atom. The molecule has 3 saturated heterocycles. The van der Waals surface area contributed by atoms with Gasteiger partial charge >= 0.3 is 0 Å². The zero-order valence-corrected chi connectivity index (χ0v) is 15.2. The SMILES string of the molecule is C[C@H]1NC2C(C(=O)N(C)C3NC4CC=CC=C4N23)N1Cc1ccccc1. The number of nitrogens with one attached hydrogen (secondary N) is 2. The van der Waals surface area contributed by atoms with Gasteiger partial charge in [0.15, 0.2) is 6.29 Å². The van der Waals surface area contributed by atoms with Crippen molar-refractivity contribution in [2.75, 3.05) is 7.05 Å². The third-order valence-electron chi connectivity index (χ3n) is 6.08. The lowest BCUT2D eigenvalue weighted by Gasteiger charge is -2.46. The van der Waals surface area contributed by atoms with Crippen LogP contribution in [0.15, 0.2) is 54.3 Å². The van der Waals surface area contributed by atoms with E-state index in [0.717, 1.165) is 13.0 Å². The van der Waals surface area contributed by atoms with E-state index in [0.29, 0.717) is 6.04 Å². The maximum Gasteiger partial charge on any atom is 0.245 e. The molecule has 4 aliphatic rings. The van der Waals surface area contributed by atoms with Crippen LogP contribution in [0.4, 0.5) is 0 Å². The molecule has 3 fully saturated rings. The largest absolute Gasteiger partial charge is 0.323 e. The first-order valence-electron chi connectivity index (χ1n) is 9.38. The molecule has 1 aromatic rings. The zero-order valence-electron chi connectivity index (χ0n) is 15.2. The number of allylic oxidation sites excluding steroid dienone is 2. The van der Waals surface area contributed by atoms with Crippen LogP contribution in [0.3, 0.4) is 0 Å². The molecular formula is C20H25N5O. The van der Waals surface area contributed by atoms with E-state index in [2.05, 4.69) is 69.9 Å². The number of carbonyl (C=O) groups excluding carboxylic acids is 1. The fourth-order valence-electron chi connectivity index (χ4n) is 4.77. The Kier molecular flexibility index (Phi) is 3.67. The van der Waals surface area contributed by atoms with Crippen LogP contribution < -0.4 is 10.6 Å². The molecule has 0 radical (unpaired) electrons. The summed E-state index contributed by atoms with van der Waals surface area (Å²) in [7, 11) is 1.91. The Morgan fingerprint density at radius 1 is 1.19 bits per heavy atom. The highest BCUT2D eigenvalue weighted by Gasteiger charge is 2.57. The second-order valence-electron chi connectivity index (χ2n) is 7.59. The van der Waals surface area contributed by atoms with Crippen LogP contribution in [0.1, 0.15) is 18.9 Å². The van der Waals surface area contributed by atoms with E-state index in [1.165, 1.54) is 11.3 Å². The molecule has 26 heavy (non-hydrogen) atoms. The number of nitrogens with zero attached hydrogens (tertiary/aromatic N) is 3. The summed E-state index contributed by atoms with van der Waals surface area (Å²) in [5.74, 6) is 0.184. The van der Waals surface area contributed by atoms with Gasteiger partial charge in [-0.1, -0.05) is 42.5 Å². The van der Waals surface area contributed by atoms with Crippen LogP contribution >= 0.6 is 0 Å². The number of carbonyl (C=O) groups is 1. The van der Waals surface area contributed by atoms with Crippen molar-refractivity contribution in [3.63, 3.8) is 0 Å². The quantitative estimate of drug-likeness (QED) is 0.833. The highest BCUT2D eigenvalue weighted by molar-refractivity contribution is 5.84. The van der Waals surface area contributed by atoms with Gasteiger partial charge in [0.05, 0.1) is 12.2 Å². The Hall–Kier alpha value is -2.15. The van der Waals surface area contributed by atoms with Gasteiger partial charge in [0, 0.05) is 19.3 Å². The summed E-state index contributed by atoms with van der Waals surface area (Å²) in [5, 5.41) is 7.30. The lowest BCUT2D eigenvalue weighted by atomic mass is 10.0. The molecule has 2 N–H and O–H groups in total. The van der Waals surface area contributed by atoms with Crippen molar-refractivity contribution < 1.29 is 4.79 Å². The molecule has 0 spiro atoms. The van der Waals surface area contributed by atoms with Gasteiger partial charge in [0.2, 0.25) is 5.91 Å². The second kappa shape index (κ2) is 5.94. The summed E-state index contributed by atoms with van der Waals surface area (Å²) in [6.45, 7) is 2.92. The first kappa shape index (κ1) is 16.1. The summed E-state index contributed by atoms with van der Waals surface area (Å²) in [6.07, 6.45) is 7.54. The van der Waals surface area contributed by atoms with Crippen LogP contribution in [0.5, 0.6) is 0 Å². The van der Waals surface area contributed by atoms with Crippen molar-refractivity contribution in [3.05, 3.63) is 59.8 Å². The van der Waals surface area contributed by atoms with Crippen molar-refractivity contribution in [2.24, 2.45) is 0 Å². The van der Waals surface area contributed by atoms with Crippen molar-refractivity contribution in [2.45, 2.75) is 50.6 Å². The number of fused-ring (bicyclic) bond motifs is 5. The monoisotopic (exact) mass is 351 g/mol. The molecule has 6 nitrogen and oxygen atoms in total. The van der Waals surface area contributed by atoms with Gasteiger partial charge in [-0.25, -0.2) is 0 Å². The minimum atomic E-state index is -0.182. The molecule has 3 aliphatic heterocycles. The standard InChI is InChI=1S/C20H25N5O/c1-13-21-18-17(24(13)12-14-8-4-3-5-9-14)19(26)23(2)20-22-15-10-6-7-11-16(15)25(18)20/h3-9,11,13,15,17-18,20-22H,10,12H2,1-2H3/t13-,15?,17?,18?,20?/m0/s1. The van der Waals surface area contributed by atoms with Gasteiger partial charge in [-0.2, -0.15) is 0 Å². The molecular weight excluding hydrogens is 326 g/mol. The van der Waals surface area contributed by atoms with E-state index in [1.807, 2.05) is 18.0 Å². The van der Waals surface area contributed by atoms with Crippen molar-refractivity contribution >= 4 is 5.91 Å². The highest BCUT2D eigenvalue weighted by Crippen LogP contribution is 2.37. The van der Waals surface area contributed by atoms with E-state index < -0.39 is 0 Å². The van der Waals surface area contributed by atoms with Gasteiger partial charge in [-0.05, 0) is 25.0 Å².